The summed E-state index contributed by atoms with van der Waals surface area (Å²) in [7, 11) is 0. The molecule has 0 spiro atoms. The molecule has 0 saturated carbocycles. The van der Waals surface area contributed by atoms with E-state index in [0.717, 1.165) is 32.0 Å². The van der Waals surface area contributed by atoms with Gasteiger partial charge >= 0.3 is 0 Å². The van der Waals surface area contributed by atoms with Gasteiger partial charge in [-0.3, -0.25) is 0 Å². The van der Waals surface area contributed by atoms with E-state index in [1.807, 2.05) is 6.07 Å². The fourth-order valence-corrected chi connectivity index (χ4v) is 2.86. The van der Waals surface area contributed by atoms with E-state index in [-0.39, 0.29) is 24.0 Å². The minimum Gasteiger partial charge on any atom is -0.357 e. The van der Waals surface area contributed by atoms with E-state index in [2.05, 4.69) is 65.2 Å². The first-order valence-electron chi connectivity index (χ1n) is 7.38. The van der Waals surface area contributed by atoms with E-state index in [1.54, 1.807) is 11.3 Å². The summed E-state index contributed by atoms with van der Waals surface area (Å²) < 4.78 is 0. The second-order valence-corrected chi connectivity index (χ2v) is 5.88. The van der Waals surface area contributed by atoms with Crippen LogP contribution in [0, 0.1) is 6.92 Å². The summed E-state index contributed by atoms with van der Waals surface area (Å²) >= 11 is 1.77. The lowest BCUT2D eigenvalue weighted by molar-refractivity contribution is 0.800. The average Bonchev–Trinajstić information content (AvgIpc) is 2.91. The Labute approximate surface area is 154 Å². The van der Waals surface area contributed by atoms with Gasteiger partial charge in [0.05, 0.1) is 6.54 Å². The van der Waals surface area contributed by atoms with Crippen molar-refractivity contribution in [2.24, 2.45) is 4.99 Å². The zero-order chi connectivity index (χ0) is 14.9. The zero-order valence-corrected chi connectivity index (χ0v) is 16.3. The molecule has 2 N–H and O–H groups in total. The van der Waals surface area contributed by atoms with Crippen LogP contribution in [0.1, 0.15) is 22.9 Å². The molecular weight excluding hydrogens is 405 g/mol. The van der Waals surface area contributed by atoms with E-state index in [4.69, 9.17) is 0 Å². The Morgan fingerprint density at radius 1 is 1.14 bits per heavy atom. The fourth-order valence-electron chi connectivity index (χ4n) is 2.03. The maximum atomic E-state index is 4.65. The summed E-state index contributed by atoms with van der Waals surface area (Å²) in [5.41, 5.74) is 2.67. The Morgan fingerprint density at radius 3 is 2.55 bits per heavy atom. The van der Waals surface area contributed by atoms with Crippen LogP contribution in [0.2, 0.25) is 0 Å². The van der Waals surface area contributed by atoms with Crippen LogP contribution in [-0.2, 0) is 13.0 Å². The van der Waals surface area contributed by atoms with Crippen LogP contribution in [0.4, 0.5) is 0 Å². The quantitative estimate of drug-likeness (QED) is 0.414. The molecule has 1 aromatic carbocycles. The zero-order valence-electron chi connectivity index (χ0n) is 13.1. The molecule has 0 aliphatic rings. The van der Waals surface area contributed by atoms with Gasteiger partial charge in [0, 0.05) is 18.0 Å². The third-order valence-corrected chi connectivity index (χ3v) is 4.25. The second-order valence-electron chi connectivity index (χ2n) is 4.88. The number of thiophene rings is 1. The molecule has 0 saturated heterocycles. The number of hydrogen-bond acceptors (Lipinski definition) is 2. The lowest BCUT2D eigenvalue weighted by Gasteiger charge is -2.11. The number of benzene rings is 1. The molecule has 1 heterocycles. The Bertz CT molecular complexity index is 566. The molecule has 0 amide bonds. The van der Waals surface area contributed by atoms with Crippen LogP contribution >= 0.6 is 35.3 Å². The highest BCUT2D eigenvalue weighted by molar-refractivity contribution is 14.0. The normalized spacial score (nSPS) is 10.9. The largest absolute Gasteiger partial charge is 0.357 e. The molecule has 0 aliphatic carbocycles. The van der Waals surface area contributed by atoms with Gasteiger partial charge in [0.25, 0.3) is 0 Å². The van der Waals surface area contributed by atoms with E-state index in [0.29, 0.717) is 0 Å². The van der Waals surface area contributed by atoms with Gasteiger partial charge in [-0.2, -0.15) is 0 Å². The lowest BCUT2D eigenvalue weighted by atomic mass is 10.1. The van der Waals surface area contributed by atoms with Crippen molar-refractivity contribution in [3.63, 3.8) is 0 Å². The summed E-state index contributed by atoms with van der Waals surface area (Å²) in [5.74, 6) is 0.890. The third kappa shape index (κ3) is 6.36. The molecule has 1 aromatic heterocycles. The molecule has 0 aliphatic heterocycles. The first kappa shape index (κ1) is 19.0. The molecule has 0 fully saturated rings. The van der Waals surface area contributed by atoms with Crippen molar-refractivity contribution in [2.45, 2.75) is 26.8 Å². The topological polar surface area (TPSA) is 36.4 Å². The van der Waals surface area contributed by atoms with Gasteiger partial charge in [-0.1, -0.05) is 30.3 Å². The van der Waals surface area contributed by atoms with E-state index >= 15 is 0 Å². The van der Waals surface area contributed by atoms with Crippen molar-refractivity contribution in [3.05, 3.63) is 57.8 Å². The standard InChI is InChI=1S/C17H23N3S.HI/c1-3-18-17(20-13-16-14(2)10-12-21-16)19-11-9-15-7-5-4-6-8-15;/h4-8,10,12H,3,9,11,13H2,1-2H3,(H2,18,19,20);1H. The monoisotopic (exact) mass is 429 g/mol. The molecule has 2 aromatic rings. The Hall–Kier alpha value is -1.08. The average molecular weight is 429 g/mol. The van der Waals surface area contributed by atoms with Gasteiger partial charge in [0.2, 0.25) is 0 Å². The number of halogens is 1. The number of nitrogens with one attached hydrogen (secondary N) is 2. The molecule has 0 unspecified atom stereocenters. The predicted octanol–water partition coefficient (Wildman–Crippen LogP) is 3.97. The third-order valence-electron chi connectivity index (χ3n) is 3.24. The summed E-state index contributed by atoms with van der Waals surface area (Å²) in [4.78, 5) is 5.98. The summed E-state index contributed by atoms with van der Waals surface area (Å²) in [6.07, 6.45) is 1.00. The molecule has 2 rings (SSSR count). The van der Waals surface area contributed by atoms with E-state index in [9.17, 15) is 0 Å². The first-order chi connectivity index (χ1) is 10.3. The van der Waals surface area contributed by atoms with Crippen molar-refractivity contribution < 1.29 is 0 Å². The fraction of sp³-hybridized carbons (Fsp3) is 0.353. The highest BCUT2D eigenvalue weighted by Gasteiger charge is 2.01. The second kappa shape index (κ2) is 10.6. The molecule has 0 atom stereocenters. The van der Waals surface area contributed by atoms with Crippen LogP contribution < -0.4 is 10.6 Å². The summed E-state index contributed by atoms with van der Waals surface area (Å²) in [6.45, 7) is 6.73. The minimum atomic E-state index is 0. The van der Waals surface area contributed by atoms with Gasteiger partial charge in [0.15, 0.2) is 5.96 Å². The van der Waals surface area contributed by atoms with Crippen LogP contribution in [0.5, 0.6) is 0 Å². The van der Waals surface area contributed by atoms with Gasteiger partial charge in [-0.15, -0.1) is 35.3 Å². The van der Waals surface area contributed by atoms with Gasteiger partial charge in [-0.25, -0.2) is 4.99 Å². The minimum absolute atomic E-state index is 0. The molecular formula is C17H24IN3S. The van der Waals surface area contributed by atoms with Crippen LogP contribution in [0.25, 0.3) is 0 Å². The maximum absolute atomic E-state index is 4.65. The highest BCUT2D eigenvalue weighted by atomic mass is 127. The first-order valence-corrected chi connectivity index (χ1v) is 8.26. The molecule has 5 heteroatoms. The number of hydrogen-bond donors (Lipinski definition) is 2. The highest BCUT2D eigenvalue weighted by Crippen LogP contribution is 2.16. The smallest absolute Gasteiger partial charge is 0.191 e. The SMILES string of the molecule is CCNC(=NCc1sccc1C)NCCc1ccccc1.I. The van der Waals surface area contributed by atoms with Crippen molar-refractivity contribution in [3.8, 4) is 0 Å². The predicted molar refractivity (Wildman–Crippen MR) is 107 cm³/mol. The van der Waals surface area contributed by atoms with Crippen molar-refractivity contribution >= 4 is 41.3 Å². The molecule has 120 valence electrons. The van der Waals surface area contributed by atoms with Crippen LogP contribution in [-0.4, -0.2) is 19.0 Å². The van der Waals surface area contributed by atoms with Crippen LogP contribution in [0.15, 0.2) is 46.8 Å². The van der Waals surface area contributed by atoms with Gasteiger partial charge in [-0.05, 0) is 42.8 Å². The number of nitrogens with zero attached hydrogens (tertiary/aromatic N) is 1. The van der Waals surface area contributed by atoms with E-state index < -0.39 is 0 Å². The molecule has 22 heavy (non-hydrogen) atoms. The number of rotatable bonds is 6. The van der Waals surface area contributed by atoms with Gasteiger partial charge in [0.1, 0.15) is 0 Å². The number of guanidine groups is 1. The van der Waals surface area contributed by atoms with Crippen molar-refractivity contribution in [1.82, 2.24) is 10.6 Å². The molecule has 0 bridgehead atoms. The number of aliphatic imine (C=N–C) groups is 1. The molecule has 3 nitrogen and oxygen atoms in total. The summed E-state index contributed by atoms with van der Waals surface area (Å²) in [5, 5.41) is 8.81. The molecule has 0 radical (unpaired) electrons. The van der Waals surface area contributed by atoms with Crippen molar-refractivity contribution in [2.75, 3.05) is 13.1 Å². The summed E-state index contributed by atoms with van der Waals surface area (Å²) in [6, 6.07) is 12.7. The Balaban J connectivity index is 0.00000242. The Kier molecular flexibility index (Phi) is 9.15. The van der Waals surface area contributed by atoms with Crippen molar-refractivity contribution in [1.29, 1.82) is 0 Å². The maximum Gasteiger partial charge on any atom is 0.191 e. The number of aryl methyl sites for hydroxylation is 1. The Morgan fingerprint density at radius 2 is 1.91 bits per heavy atom. The lowest BCUT2D eigenvalue weighted by Crippen LogP contribution is -2.38. The van der Waals surface area contributed by atoms with Crippen LogP contribution in [0.3, 0.4) is 0 Å². The van der Waals surface area contributed by atoms with Gasteiger partial charge < -0.3 is 10.6 Å². The van der Waals surface area contributed by atoms with E-state index in [1.165, 1.54) is 16.0 Å².